The van der Waals surface area contributed by atoms with Crippen LogP contribution in [0.2, 0.25) is 0 Å². The molecule has 0 spiro atoms. The smallest absolute Gasteiger partial charge is 0.0794 e. The van der Waals surface area contributed by atoms with E-state index in [1.807, 2.05) is 0 Å². The van der Waals surface area contributed by atoms with Crippen molar-refractivity contribution < 1.29 is 4.48 Å². The van der Waals surface area contributed by atoms with Crippen molar-refractivity contribution in [2.75, 3.05) is 72.2 Å². The monoisotopic (exact) mass is 707 g/mol. The molecule has 5 heteroatoms. The molecule has 0 N–H and O–H groups in total. The third kappa shape index (κ3) is 35.0. The van der Waals surface area contributed by atoms with E-state index in [1.165, 1.54) is 231 Å². The Hall–Kier alpha value is 1.36. The van der Waals surface area contributed by atoms with E-state index in [9.17, 15) is 0 Å². The first-order valence-corrected chi connectivity index (χ1v) is 25.0. The summed E-state index contributed by atoms with van der Waals surface area (Å²) in [6, 6.07) is 0. The lowest BCUT2D eigenvalue weighted by molar-refractivity contribution is -0.928. The third-order valence-corrected chi connectivity index (χ3v) is 13.9. The fraction of sp³-hybridized carbons (Fsp3) is 1.00. The van der Waals surface area contributed by atoms with Crippen LogP contribution in [0.15, 0.2) is 0 Å². The molecule has 0 saturated heterocycles. The van der Waals surface area contributed by atoms with E-state index in [0.717, 1.165) is 0 Å². The van der Waals surface area contributed by atoms with Gasteiger partial charge >= 0.3 is 0 Å². The fourth-order valence-electron chi connectivity index (χ4n) is 6.32. The molecule has 0 aromatic heterocycles. The first-order chi connectivity index (χ1) is 22.2. The molecule has 0 heterocycles. The normalized spacial score (nSPS) is 12.0. The maximum absolute atomic E-state index is 2.33. The number of rotatable bonds is 40. The molecule has 1 nitrogen and oxygen atoms in total. The first kappa shape index (κ1) is 46.4. The molecule has 0 aliphatic heterocycles. The second kappa shape index (κ2) is 39.8. The van der Waals surface area contributed by atoms with Crippen LogP contribution in [0, 0.1) is 0 Å². The largest absolute Gasteiger partial charge is 0.324 e. The van der Waals surface area contributed by atoms with E-state index in [4.69, 9.17) is 0 Å². The molecule has 0 radical (unpaired) electrons. The second-order valence-electron chi connectivity index (χ2n) is 13.8. The molecule has 0 saturated carbocycles. The van der Waals surface area contributed by atoms with Gasteiger partial charge in [0.1, 0.15) is 0 Å². The maximum Gasteiger partial charge on any atom is 0.0794 e. The van der Waals surface area contributed by atoms with Gasteiger partial charge in [0.15, 0.2) is 0 Å². The molecule has 0 amide bonds. The van der Waals surface area contributed by atoms with Gasteiger partial charge in [0.2, 0.25) is 0 Å². The summed E-state index contributed by atoms with van der Waals surface area (Å²) in [5.74, 6) is 11.1. The Kier molecular flexibility index (Phi) is 41.0. The van der Waals surface area contributed by atoms with Gasteiger partial charge < -0.3 is 4.48 Å². The lowest BCUT2D eigenvalue weighted by atomic mass is 10.2. The van der Waals surface area contributed by atoms with Crippen molar-refractivity contribution in [3.05, 3.63) is 0 Å². The van der Waals surface area contributed by atoms with Crippen molar-refractivity contribution in [2.45, 2.75) is 182 Å². The van der Waals surface area contributed by atoms with Gasteiger partial charge in [-0.2, -0.15) is 47.0 Å². The van der Waals surface area contributed by atoms with Crippen LogP contribution in [-0.4, -0.2) is 76.7 Å². The summed E-state index contributed by atoms with van der Waals surface area (Å²) in [5.41, 5.74) is 0. The zero-order chi connectivity index (χ0) is 32.8. The van der Waals surface area contributed by atoms with Gasteiger partial charge in [-0.25, -0.2) is 0 Å². The van der Waals surface area contributed by atoms with Crippen LogP contribution in [0.3, 0.4) is 0 Å². The van der Waals surface area contributed by atoms with Crippen molar-refractivity contribution in [1.82, 2.24) is 0 Å². The summed E-state index contributed by atoms with van der Waals surface area (Å²) in [7, 11) is 0. The van der Waals surface area contributed by atoms with Crippen LogP contribution in [0.25, 0.3) is 0 Å². The Labute approximate surface area is 303 Å². The average molecular weight is 707 g/mol. The second-order valence-corrected chi connectivity index (χ2v) is 18.7. The zero-order valence-corrected chi connectivity index (χ0v) is 34.8. The van der Waals surface area contributed by atoms with Gasteiger partial charge in [0.25, 0.3) is 0 Å². The minimum atomic E-state index is 1.36. The van der Waals surface area contributed by atoms with Gasteiger partial charge in [-0.05, 0) is 71.7 Å². The molecule has 0 fully saturated rings. The highest BCUT2D eigenvalue weighted by Crippen LogP contribution is 2.21. The SMILES string of the molecule is CCCCCCCSCCC[N+](CCCSCCCCCCC)(CCCSCCCCCCC)CCCSCCCCCCC. The highest BCUT2D eigenvalue weighted by atomic mass is 32.2. The predicted octanol–water partition coefficient (Wildman–Crippen LogP) is 14.2. The summed E-state index contributed by atoms with van der Waals surface area (Å²) in [6.45, 7) is 15.1. The molecular formula is C40H84NS4+. The number of thioether (sulfide) groups is 4. The number of hydrogen-bond acceptors (Lipinski definition) is 4. The molecule has 45 heavy (non-hydrogen) atoms. The quantitative estimate of drug-likeness (QED) is 0.0459. The molecule has 0 aromatic carbocycles. The topological polar surface area (TPSA) is 0 Å². The van der Waals surface area contributed by atoms with E-state index < -0.39 is 0 Å². The van der Waals surface area contributed by atoms with Gasteiger partial charge in [-0.1, -0.05) is 130 Å². The van der Waals surface area contributed by atoms with Crippen LogP contribution in [0.5, 0.6) is 0 Å². The molecule has 0 aromatic rings. The van der Waals surface area contributed by atoms with Crippen LogP contribution in [0.1, 0.15) is 182 Å². The molecule has 0 atom stereocenters. The third-order valence-electron chi connectivity index (χ3n) is 9.25. The molecular weight excluding hydrogens is 623 g/mol. The van der Waals surface area contributed by atoms with Crippen LogP contribution in [0.4, 0.5) is 0 Å². The van der Waals surface area contributed by atoms with E-state index >= 15 is 0 Å². The minimum Gasteiger partial charge on any atom is -0.324 e. The van der Waals surface area contributed by atoms with Gasteiger partial charge in [0.05, 0.1) is 26.2 Å². The summed E-state index contributed by atoms with van der Waals surface area (Å²) in [6.07, 6.45) is 34.2. The van der Waals surface area contributed by atoms with Crippen molar-refractivity contribution in [3.8, 4) is 0 Å². The molecule has 0 rings (SSSR count). The minimum absolute atomic E-state index is 1.36. The van der Waals surface area contributed by atoms with E-state index in [-0.39, 0.29) is 0 Å². The van der Waals surface area contributed by atoms with E-state index in [2.05, 4.69) is 74.7 Å². The first-order valence-electron chi connectivity index (χ1n) is 20.4. The number of hydrogen-bond donors (Lipinski definition) is 0. The van der Waals surface area contributed by atoms with Crippen molar-refractivity contribution in [1.29, 1.82) is 0 Å². The number of nitrogens with zero attached hydrogens (tertiary/aromatic N) is 1. The van der Waals surface area contributed by atoms with Crippen molar-refractivity contribution >= 4 is 47.0 Å². The summed E-state index contributed by atoms with van der Waals surface area (Å²) in [5, 5.41) is 0. The Bertz CT molecular complexity index is 439. The maximum atomic E-state index is 2.33. The lowest BCUT2D eigenvalue weighted by Crippen LogP contribution is -2.51. The average Bonchev–Trinajstić information content (AvgIpc) is 3.05. The van der Waals surface area contributed by atoms with Crippen LogP contribution < -0.4 is 0 Å². The van der Waals surface area contributed by atoms with Gasteiger partial charge in [0, 0.05) is 25.7 Å². The highest BCUT2D eigenvalue weighted by molar-refractivity contribution is 7.99. The van der Waals surface area contributed by atoms with Crippen molar-refractivity contribution in [2.24, 2.45) is 0 Å². The van der Waals surface area contributed by atoms with Gasteiger partial charge in [-0.15, -0.1) is 0 Å². The number of quaternary nitrogens is 1. The Morgan fingerprint density at radius 3 is 0.667 bits per heavy atom. The summed E-state index contributed by atoms with van der Waals surface area (Å²) >= 11 is 9.03. The number of unbranched alkanes of at least 4 members (excludes halogenated alkanes) is 16. The molecule has 0 unspecified atom stereocenters. The Balaban J connectivity index is 4.84. The molecule has 0 aliphatic rings. The Morgan fingerprint density at radius 2 is 0.444 bits per heavy atom. The highest BCUT2D eigenvalue weighted by Gasteiger charge is 2.26. The molecule has 0 aliphatic carbocycles. The van der Waals surface area contributed by atoms with E-state index in [0.29, 0.717) is 0 Å². The van der Waals surface area contributed by atoms with Crippen LogP contribution >= 0.6 is 47.0 Å². The standard InChI is InChI=1S/C40H84NS4/c1-5-9-13-17-21-33-42-37-25-29-41(30-26-38-43-34-22-18-14-10-6-2,31-27-39-44-35-23-19-15-11-7-3)32-28-40-45-36-24-20-16-12-8-4/h5-40H2,1-4H3/q+1. The van der Waals surface area contributed by atoms with Gasteiger partial charge in [-0.3, -0.25) is 0 Å². The predicted molar refractivity (Wildman–Crippen MR) is 223 cm³/mol. The summed E-state index contributed by atoms with van der Waals surface area (Å²) in [4.78, 5) is 0. The Morgan fingerprint density at radius 1 is 0.244 bits per heavy atom. The lowest BCUT2D eigenvalue weighted by Gasteiger charge is -2.39. The van der Waals surface area contributed by atoms with E-state index in [1.54, 1.807) is 0 Å². The fourth-order valence-corrected chi connectivity index (χ4v) is 10.1. The zero-order valence-electron chi connectivity index (χ0n) is 31.5. The summed E-state index contributed by atoms with van der Waals surface area (Å²) < 4.78 is 1.43. The van der Waals surface area contributed by atoms with Crippen molar-refractivity contribution in [3.63, 3.8) is 0 Å². The molecule has 272 valence electrons. The van der Waals surface area contributed by atoms with Crippen LogP contribution in [-0.2, 0) is 0 Å². The molecule has 0 bridgehead atoms.